The van der Waals surface area contributed by atoms with Gasteiger partial charge in [-0.15, -0.1) is 11.3 Å². The molecule has 0 saturated carbocycles. The molecule has 0 aliphatic heterocycles. The Balaban J connectivity index is 2.23. The van der Waals surface area contributed by atoms with Gasteiger partial charge in [0, 0.05) is 16.4 Å². The maximum absolute atomic E-state index is 8.72. The number of aliphatic hydroxyl groups is 1. The molecule has 2 nitrogen and oxygen atoms in total. The Labute approximate surface area is 74.7 Å². The van der Waals surface area contributed by atoms with Crippen molar-refractivity contribution in [3.8, 4) is 0 Å². The number of aliphatic hydroxyl groups excluding tert-OH is 1. The minimum atomic E-state index is 0.245. The molecule has 62 valence electrons. The third-order valence-corrected chi connectivity index (χ3v) is 3.07. The van der Waals surface area contributed by atoms with E-state index in [9.17, 15) is 0 Å². The van der Waals surface area contributed by atoms with Crippen LogP contribution in [0.25, 0.3) is 0 Å². The van der Waals surface area contributed by atoms with Crippen LogP contribution >= 0.6 is 23.1 Å². The number of aromatic nitrogens is 1. The maximum Gasteiger partial charge on any atom is 0.0795 e. The van der Waals surface area contributed by atoms with E-state index in [0.717, 1.165) is 11.4 Å². The van der Waals surface area contributed by atoms with Crippen LogP contribution in [-0.2, 0) is 5.75 Å². The van der Waals surface area contributed by atoms with E-state index in [2.05, 4.69) is 4.98 Å². The first-order valence-corrected chi connectivity index (χ1v) is 5.41. The molecule has 0 aromatic carbocycles. The average molecular weight is 189 g/mol. The summed E-state index contributed by atoms with van der Waals surface area (Å²) in [5.41, 5.74) is 2.94. The molecule has 1 rings (SSSR count). The first-order chi connectivity index (χ1) is 5.33. The predicted molar refractivity (Wildman–Crippen MR) is 50.0 cm³/mol. The summed E-state index contributed by atoms with van der Waals surface area (Å²) in [6, 6.07) is 0. The average Bonchev–Trinajstić information content (AvgIpc) is 2.52. The third-order valence-electron chi connectivity index (χ3n) is 1.26. The topological polar surface area (TPSA) is 33.1 Å². The second-order valence-corrected chi connectivity index (χ2v) is 4.43. The first-order valence-electron chi connectivity index (χ1n) is 3.42. The lowest BCUT2D eigenvalue weighted by molar-refractivity contribution is 0.300. The largest absolute Gasteiger partial charge is 0.395 e. The summed E-state index contributed by atoms with van der Waals surface area (Å²) in [6.07, 6.45) is 0. The molecular weight excluding hydrogens is 178 g/mol. The molecule has 1 atom stereocenters. The van der Waals surface area contributed by atoms with E-state index >= 15 is 0 Å². The van der Waals surface area contributed by atoms with Crippen molar-refractivity contribution in [1.82, 2.24) is 4.98 Å². The van der Waals surface area contributed by atoms with Gasteiger partial charge in [-0.3, -0.25) is 0 Å². The molecule has 1 aromatic heterocycles. The summed E-state index contributed by atoms with van der Waals surface area (Å²) in [6.45, 7) is 2.26. The van der Waals surface area contributed by atoms with E-state index in [-0.39, 0.29) is 6.61 Å². The second-order valence-electron chi connectivity index (χ2n) is 2.28. The molecule has 0 saturated heterocycles. The zero-order chi connectivity index (χ0) is 8.10. The first kappa shape index (κ1) is 9.03. The third kappa shape index (κ3) is 3.22. The van der Waals surface area contributed by atoms with Gasteiger partial charge in [-0.2, -0.15) is 11.8 Å². The van der Waals surface area contributed by atoms with Crippen molar-refractivity contribution in [3.05, 3.63) is 16.6 Å². The van der Waals surface area contributed by atoms with Crippen LogP contribution in [0.3, 0.4) is 0 Å². The fourth-order valence-electron chi connectivity index (χ4n) is 0.589. The number of thiazole rings is 1. The summed E-state index contributed by atoms with van der Waals surface area (Å²) in [7, 11) is 0. The normalized spacial score (nSPS) is 13.3. The van der Waals surface area contributed by atoms with Gasteiger partial charge in [0.15, 0.2) is 0 Å². The highest BCUT2D eigenvalue weighted by molar-refractivity contribution is 7.99. The van der Waals surface area contributed by atoms with E-state index < -0.39 is 0 Å². The summed E-state index contributed by atoms with van der Waals surface area (Å²) in [5, 5.41) is 11.1. The van der Waals surface area contributed by atoms with Gasteiger partial charge < -0.3 is 5.11 Å². The molecule has 1 aromatic rings. The van der Waals surface area contributed by atoms with Crippen LogP contribution in [0.2, 0.25) is 0 Å². The standard InChI is InChI=1S/C7H11NOS2/c1-6(2-9)11-4-7-3-10-5-8-7/h3,5-6,9H,2,4H2,1H3. The number of hydrogen-bond donors (Lipinski definition) is 1. The zero-order valence-corrected chi connectivity index (χ0v) is 7.99. The quantitative estimate of drug-likeness (QED) is 0.783. The summed E-state index contributed by atoms with van der Waals surface area (Å²) in [5.74, 6) is 0.908. The Bertz CT molecular complexity index is 188. The smallest absolute Gasteiger partial charge is 0.0795 e. The van der Waals surface area contributed by atoms with E-state index in [1.54, 1.807) is 23.1 Å². The molecule has 0 amide bonds. The fourth-order valence-corrected chi connectivity index (χ4v) is 1.97. The molecule has 1 heterocycles. The van der Waals surface area contributed by atoms with Crippen molar-refractivity contribution in [3.63, 3.8) is 0 Å². The molecule has 1 N–H and O–H groups in total. The summed E-state index contributed by atoms with van der Waals surface area (Å²) >= 11 is 3.34. The van der Waals surface area contributed by atoms with Crippen LogP contribution in [0.15, 0.2) is 10.9 Å². The minimum absolute atomic E-state index is 0.245. The second kappa shape index (κ2) is 4.74. The lowest BCUT2D eigenvalue weighted by atomic mass is 10.5. The lowest BCUT2D eigenvalue weighted by Gasteiger charge is -2.04. The summed E-state index contributed by atoms with van der Waals surface area (Å²) in [4.78, 5) is 4.14. The molecule has 1 unspecified atom stereocenters. The molecule has 4 heteroatoms. The van der Waals surface area contributed by atoms with Gasteiger partial charge in [-0.05, 0) is 0 Å². The molecule has 11 heavy (non-hydrogen) atoms. The van der Waals surface area contributed by atoms with Gasteiger partial charge >= 0.3 is 0 Å². The van der Waals surface area contributed by atoms with Crippen molar-refractivity contribution in [2.75, 3.05) is 6.61 Å². The minimum Gasteiger partial charge on any atom is -0.395 e. The highest BCUT2D eigenvalue weighted by Crippen LogP contribution is 2.16. The highest BCUT2D eigenvalue weighted by atomic mass is 32.2. The molecule has 0 bridgehead atoms. The van der Waals surface area contributed by atoms with Gasteiger partial charge in [0.05, 0.1) is 17.8 Å². The molecule has 0 spiro atoms. The molecule has 0 aliphatic rings. The number of hydrogen-bond acceptors (Lipinski definition) is 4. The Morgan fingerprint density at radius 3 is 3.18 bits per heavy atom. The Kier molecular flexibility index (Phi) is 3.90. The maximum atomic E-state index is 8.72. The Hall–Kier alpha value is -0.0600. The molecule has 0 fully saturated rings. The SMILES string of the molecule is CC(CO)SCc1cscn1. The van der Waals surface area contributed by atoms with Crippen molar-refractivity contribution in [2.24, 2.45) is 0 Å². The van der Waals surface area contributed by atoms with E-state index in [4.69, 9.17) is 5.11 Å². The Morgan fingerprint density at radius 1 is 1.82 bits per heavy atom. The van der Waals surface area contributed by atoms with Crippen molar-refractivity contribution >= 4 is 23.1 Å². The predicted octanol–water partition coefficient (Wildman–Crippen LogP) is 1.76. The van der Waals surface area contributed by atoms with Gasteiger partial charge in [0.1, 0.15) is 0 Å². The molecule has 0 radical (unpaired) electrons. The van der Waals surface area contributed by atoms with Crippen LogP contribution in [0.4, 0.5) is 0 Å². The highest BCUT2D eigenvalue weighted by Gasteiger charge is 2.01. The van der Waals surface area contributed by atoms with Crippen molar-refractivity contribution in [2.45, 2.75) is 17.9 Å². The van der Waals surface area contributed by atoms with E-state index in [1.807, 2.05) is 17.8 Å². The summed E-state index contributed by atoms with van der Waals surface area (Å²) < 4.78 is 0. The molecular formula is C7H11NOS2. The monoisotopic (exact) mass is 189 g/mol. The van der Waals surface area contributed by atoms with Crippen LogP contribution < -0.4 is 0 Å². The van der Waals surface area contributed by atoms with Crippen LogP contribution in [0.1, 0.15) is 12.6 Å². The van der Waals surface area contributed by atoms with E-state index in [1.165, 1.54) is 0 Å². The van der Waals surface area contributed by atoms with Crippen LogP contribution in [-0.4, -0.2) is 21.9 Å². The fraction of sp³-hybridized carbons (Fsp3) is 0.571. The Morgan fingerprint density at radius 2 is 2.64 bits per heavy atom. The number of nitrogens with zero attached hydrogens (tertiary/aromatic N) is 1. The van der Waals surface area contributed by atoms with Crippen molar-refractivity contribution in [1.29, 1.82) is 0 Å². The van der Waals surface area contributed by atoms with E-state index in [0.29, 0.717) is 5.25 Å². The zero-order valence-electron chi connectivity index (χ0n) is 6.36. The molecule has 0 aliphatic carbocycles. The van der Waals surface area contributed by atoms with Gasteiger partial charge in [-0.25, -0.2) is 4.98 Å². The van der Waals surface area contributed by atoms with Crippen LogP contribution in [0, 0.1) is 0 Å². The van der Waals surface area contributed by atoms with Crippen LogP contribution in [0.5, 0.6) is 0 Å². The van der Waals surface area contributed by atoms with Gasteiger partial charge in [0.25, 0.3) is 0 Å². The van der Waals surface area contributed by atoms with Gasteiger partial charge in [0.2, 0.25) is 0 Å². The number of rotatable bonds is 4. The number of thioether (sulfide) groups is 1. The van der Waals surface area contributed by atoms with Gasteiger partial charge in [-0.1, -0.05) is 6.92 Å². The lowest BCUT2D eigenvalue weighted by Crippen LogP contribution is -2.02. The van der Waals surface area contributed by atoms with Crippen molar-refractivity contribution < 1.29 is 5.11 Å².